The molecule has 0 aliphatic carbocycles. The Balaban J connectivity index is 1.72. The Bertz CT molecular complexity index is 1210. The highest BCUT2D eigenvalue weighted by atomic mass is 32.1. The molecule has 4 rings (SSSR count). The Morgan fingerprint density at radius 1 is 1.07 bits per heavy atom. The summed E-state index contributed by atoms with van der Waals surface area (Å²) < 4.78 is 1.93. The van der Waals surface area contributed by atoms with Crippen LogP contribution in [0.25, 0.3) is 21.5 Å². The minimum absolute atomic E-state index is 0.181. The minimum Gasteiger partial charge on any atom is -0.324 e. The molecule has 0 unspecified atom stereocenters. The van der Waals surface area contributed by atoms with Crippen molar-refractivity contribution in [3.05, 3.63) is 75.5 Å². The molecule has 2 heterocycles. The number of carbonyl (C=O) groups is 1. The molecular formula is C21H18N4O2S. The molecule has 6 nitrogen and oxygen atoms in total. The molecule has 0 radical (unpaired) electrons. The lowest BCUT2D eigenvalue weighted by atomic mass is 10.1. The van der Waals surface area contributed by atoms with Crippen LogP contribution in [0.2, 0.25) is 0 Å². The van der Waals surface area contributed by atoms with Gasteiger partial charge in [0.05, 0.1) is 9.71 Å². The van der Waals surface area contributed by atoms with E-state index in [0.29, 0.717) is 16.9 Å². The maximum Gasteiger partial charge on any atom is 0.294 e. The van der Waals surface area contributed by atoms with Crippen LogP contribution in [0.3, 0.4) is 0 Å². The molecule has 2 aromatic carbocycles. The largest absolute Gasteiger partial charge is 0.324 e. The molecule has 7 heteroatoms. The molecule has 0 bridgehead atoms. The highest BCUT2D eigenvalue weighted by molar-refractivity contribution is 7.19. The monoisotopic (exact) mass is 390 g/mol. The third kappa shape index (κ3) is 3.57. The average Bonchev–Trinajstić information content (AvgIpc) is 3.08. The van der Waals surface area contributed by atoms with Gasteiger partial charge >= 0.3 is 0 Å². The van der Waals surface area contributed by atoms with Gasteiger partial charge in [0.25, 0.3) is 5.56 Å². The predicted octanol–water partition coefficient (Wildman–Crippen LogP) is 3.78. The van der Waals surface area contributed by atoms with Crippen LogP contribution in [0, 0.1) is 13.8 Å². The van der Waals surface area contributed by atoms with Gasteiger partial charge < -0.3 is 5.32 Å². The molecule has 4 aromatic rings. The summed E-state index contributed by atoms with van der Waals surface area (Å²) in [6.45, 7) is 3.65. The molecule has 2 aromatic heterocycles. The van der Waals surface area contributed by atoms with Gasteiger partial charge in [-0.15, -0.1) is 11.3 Å². The van der Waals surface area contributed by atoms with Crippen molar-refractivity contribution in [1.82, 2.24) is 14.8 Å². The summed E-state index contributed by atoms with van der Waals surface area (Å²) in [6, 6.07) is 17.1. The zero-order valence-corrected chi connectivity index (χ0v) is 16.3. The van der Waals surface area contributed by atoms with Gasteiger partial charge in [-0.25, -0.2) is 9.67 Å². The fourth-order valence-corrected chi connectivity index (χ4v) is 3.85. The Hall–Kier alpha value is -3.32. The zero-order chi connectivity index (χ0) is 19.7. The van der Waals surface area contributed by atoms with E-state index >= 15 is 0 Å². The van der Waals surface area contributed by atoms with Gasteiger partial charge in [-0.3, -0.25) is 9.59 Å². The van der Waals surface area contributed by atoms with Gasteiger partial charge in [0, 0.05) is 11.3 Å². The first-order chi connectivity index (χ1) is 13.5. The van der Waals surface area contributed by atoms with Crippen LogP contribution >= 0.6 is 11.3 Å². The first-order valence-corrected chi connectivity index (χ1v) is 9.63. The van der Waals surface area contributed by atoms with E-state index in [1.54, 1.807) is 0 Å². The van der Waals surface area contributed by atoms with Gasteiger partial charge in [0.2, 0.25) is 5.91 Å². The maximum absolute atomic E-state index is 12.8. The van der Waals surface area contributed by atoms with Gasteiger partial charge in [0.1, 0.15) is 12.2 Å². The van der Waals surface area contributed by atoms with E-state index in [9.17, 15) is 9.59 Å². The Labute approximate surface area is 165 Å². The summed E-state index contributed by atoms with van der Waals surface area (Å²) >= 11 is 1.43. The van der Waals surface area contributed by atoms with Crippen LogP contribution in [0.15, 0.2) is 59.4 Å². The van der Waals surface area contributed by atoms with Gasteiger partial charge in [-0.2, -0.15) is 5.10 Å². The minimum atomic E-state index is -0.363. The van der Waals surface area contributed by atoms with E-state index in [1.165, 1.54) is 16.0 Å². The number of benzene rings is 2. The third-order valence-corrected chi connectivity index (χ3v) is 5.26. The van der Waals surface area contributed by atoms with Crippen LogP contribution in [-0.4, -0.2) is 20.7 Å². The second kappa shape index (κ2) is 7.36. The second-order valence-electron chi connectivity index (χ2n) is 6.50. The van der Waals surface area contributed by atoms with Crippen molar-refractivity contribution >= 4 is 33.1 Å². The van der Waals surface area contributed by atoms with Crippen molar-refractivity contribution in [3.63, 3.8) is 0 Å². The Kier molecular flexibility index (Phi) is 4.75. The second-order valence-corrected chi connectivity index (χ2v) is 7.71. The molecule has 0 spiro atoms. The van der Waals surface area contributed by atoms with Crippen LogP contribution < -0.4 is 10.9 Å². The predicted molar refractivity (Wildman–Crippen MR) is 112 cm³/mol. The average molecular weight is 390 g/mol. The summed E-state index contributed by atoms with van der Waals surface area (Å²) in [4.78, 5) is 29.7. The summed E-state index contributed by atoms with van der Waals surface area (Å²) in [6.07, 6.45) is 0. The Morgan fingerprint density at radius 2 is 1.79 bits per heavy atom. The van der Waals surface area contributed by atoms with Crippen LogP contribution in [0.1, 0.15) is 10.6 Å². The summed E-state index contributed by atoms with van der Waals surface area (Å²) in [7, 11) is 0. The standard InChI is InChI=1S/C21H18N4O2S/c1-13-8-10-16(11-9-13)23-17(26)12-25-21(27)19-20(28-14(2)22-19)18(24-25)15-6-4-3-5-7-15/h3-11H,12H2,1-2H3,(H,23,26). The van der Waals surface area contributed by atoms with Gasteiger partial charge in [-0.05, 0) is 26.0 Å². The van der Waals surface area contributed by atoms with Crippen LogP contribution in [0.4, 0.5) is 5.69 Å². The number of aryl methyl sites for hydroxylation is 2. The van der Waals surface area contributed by atoms with Crippen molar-refractivity contribution < 1.29 is 4.79 Å². The van der Waals surface area contributed by atoms with E-state index in [0.717, 1.165) is 20.8 Å². The number of hydrogen-bond donors (Lipinski definition) is 1. The molecule has 0 atom stereocenters. The number of aromatic nitrogens is 3. The summed E-state index contributed by atoms with van der Waals surface area (Å²) in [5.74, 6) is -0.316. The highest BCUT2D eigenvalue weighted by Crippen LogP contribution is 2.29. The maximum atomic E-state index is 12.8. The number of anilines is 1. The number of nitrogens with zero attached hydrogens (tertiary/aromatic N) is 3. The normalized spacial score (nSPS) is 10.9. The van der Waals surface area contributed by atoms with Crippen LogP contribution in [-0.2, 0) is 11.3 Å². The molecule has 0 aliphatic heterocycles. The lowest BCUT2D eigenvalue weighted by Crippen LogP contribution is -2.30. The fraction of sp³-hybridized carbons (Fsp3) is 0.143. The number of thiazole rings is 1. The number of rotatable bonds is 4. The molecular weight excluding hydrogens is 372 g/mol. The smallest absolute Gasteiger partial charge is 0.294 e. The number of hydrogen-bond acceptors (Lipinski definition) is 5. The summed E-state index contributed by atoms with van der Waals surface area (Å²) in [5.41, 5.74) is 3.30. The number of carbonyl (C=O) groups excluding carboxylic acids is 1. The van der Waals surface area contributed by atoms with E-state index in [-0.39, 0.29) is 18.0 Å². The SMILES string of the molecule is Cc1ccc(NC(=O)Cn2nc(-c3ccccc3)c3sc(C)nc3c2=O)cc1. The van der Waals surface area contributed by atoms with Crippen molar-refractivity contribution in [1.29, 1.82) is 0 Å². The molecule has 28 heavy (non-hydrogen) atoms. The molecule has 0 saturated carbocycles. The molecule has 0 aliphatic rings. The highest BCUT2D eigenvalue weighted by Gasteiger charge is 2.17. The molecule has 0 saturated heterocycles. The topological polar surface area (TPSA) is 76.9 Å². The first-order valence-electron chi connectivity index (χ1n) is 8.81. The van der Waals surface area contributed by atoms with Gasteiger partial charge in [0.15, 0.2) is 5.52 Å². The molecule has 1 amide bonds. The van der Waals surface area contributed by atoms with Crippen LogP contribution in [0.5, 0.6) is 0 Å². The third-order valence-electron chi connectivity index (χ3n) is 4.28. The summed E-state index contributed by atoms with van der Waals surface area (Å²) in [5, 5.41) is 8.08. The lowest BCUT2D eigenvalue weighted by Gasteiger charge is -2.09. The number of nitrogens with one attached hydrogen (secondary N) is 1. The number of amides is 1. The molecule has 140 valence electrons. The molecule has 0 fully saturated rings. The van der Waals surface area contributed by atoms with E-state index in [2.05, 4.69) is 15.4 Å². The quantitative estimate of drug-likeness (QED) is 0.575. The van der Waals surface area contributed by atoms with E-state index in [4.69, 9.17) is 0 Å². The van der Waals surface area contributed by atoms with Gasteiger partial charge in [-0.1, -0.05) is 48.0 Å². The van der Waals surface area contributed by atoms with E-state index < -0.39 is 0 Å². The zero-order valence-electron chi connectivity index (χ0n) is 15.5. The van der Waals surface area contributed by atoms with E-state index in [1.807, 2.05) is 68.4 Å². The van der Waals surface area contributed by atoms with Crippen molar-refractivity contribution in [2.45, 2.75) is 20.4 Å². The molecule has 1 N–H and O–H groups in total. The first kappa shape index (κ1) is 18.1. The fourth-order valence-electron chi connectivity index (χ4n) is 2.93. The van der Waals surface area contributed by atoms with Crippen molar-refractivity contribution in [2.75, 3.05) is 5.32 Å². The lowest BCUT2D eigenvalue weighted by molar-refractivity contribution is -0.117. The number of fused-ring (bicyclic) bond motifs is 1. The Morgan fingerprint density at radius 3 is 2.50 bits per heavy atom. The van der Waals surface area contributed by atoms with Crippen molar-refractivity contribution in [2.24, 2.45) is 0 Å². The van der Waals surface area contributed by atoms with Crippen molar-refractivity contribution in [3.8, 4) is 11.3 Å².